The maximum atomic E-state index is 6.55. The molecule has 0 radical (unpaired) electrons. The Bertz CT molecular complexity index is 3230. The molecule has 0 saturated carbocycles. The molecule has 1 aliphatic carbocycles. The van der Waals surface area contributed by atoms with Crippen molar-refractivity contribution in [2.24, 2.45) is 9.98 Å². The summed E-state index contributed by atoms with van der Waals surface area (Å²) >= 11 is 0. The first-order chi connectivity index (χ1) is 28.3. The van der Waals surface area contributed by atoms with Crippen LogP contribution in [0.1, 0.15) is 39.5 Å². The first kappa shape index (κ1) is 31.8. The topological polar surface area (TPSA) is 54.8 Å². The number of amidine groups is 1. The molecular weight excluding hydrogens is 697 g/mol. The van der Waals surface area contributed by atoms with Crippen LogP contribution in [0, 0.1) is 0 Å². The normalized spacial score (nSPS) is 15.7. The van der Waals surface area contributed by atoms with Gasteiger partial charge in [-0.3, -0.25) is 4.57 Å². The monoisotopic (exact) mass is 730 g/mol. The number of nitrogens with one attached hydrogen (secondary N) is 1. The van der Waals surface area contributed by atoms with E-state index in [1.165, 1.54) is 33.4 Å². The second kappa shape index (κ2) is 12.3. The lowest BCUT2D eigenvalue weighted by molar-refractivity contribution is 0.657. The van der Waals surface area contributed by atoms with Gasteiger partial charge in [0.1, 0.15) is 23.2 Å². The van der Waals surface area contributed by atoms with Crippen molar-refractivity contribution in [2.45, 2.75) is 11.6 Å². The summed E-state index contributed by atoms with van der Waals surface area (Å²) in [7, 11) is 0. The van der Waals surface area contributed by atoms with Gasteiger partial charge in [0.15, 0.2) is 0 Å². The fraction of sp³-hybridized carbons (Fsp3) is 0.0385. The summed E-state index contributed by atoms with van der Waals surface area (Å²) in [5.74, 6) is 1.32. The number of hydrogen-bond donors (Lipinski definition) is 1. The highest BCUT2D eigenvalue weighted by molar-refractivity contribution is 6.21. The molecule has 1 atom stereocenters. The Labute approximate surface area is 328 Å². The summed E-state index contributed by atoms with van der Waals surface area (Å²) in [6.45, 7) is 0. The van der Waals surface area contributed by atoms with Crippen molar-refractivity contribution >= 4 is 55.5 Å². The van der Waals surface area contributed by atoms with E-state index in [9.17, 15) is 0 Å². The van der Waals surface area contributed by atoms with E-state index >= 15 is 0 Å². The van der Waals surface area contributed by atoms with Gasteiger partial charge in [-0.05, 0) is 69.3 Å². The smallest absolute Gasteiger partial charge is 0.234 e. The number of hydrogen-bond acceptors (Lipinski definition) is 4. The minimum atomic E-state index is -0.507. The highest BCUT2D eigenvalue weighted by Gasteiger charge is 2.46. The summed E-state index contributed by atoms with van der Waals surface area (Å²) in [6.07, 6.45) is -0.386. The Morgan fingerprint density at radius 1 is 0.491 bits per heavy atom. The Morgan fingerprint density at radius 3 is 1.91 bits per heavy atom. The van der Waals surface area contributed by atoms with Gasteiger partial charge in [-0.1, -0.05) is 164 Å². The lowest BCUT2D eigenvalue weighted by atomic mass is 9.67. The molecule has 57 heavy (non-hydrogen) atoms. The van der Waals surface area contributed by atoms with E-state index in [0.29, 0.717) is 11.8 Å². The molecule has 1 aliphatic heterocycles. The van der Waals surface area contributed by atoms with Crippen molar-refractivity contribution in [1.82, 2.24) is 9.88 Å². The van der Waals surface area contributed by atoms with Crippen LogP contribution in [-0.2, 0) is 5.41 Å². The van der Waals surface area contributed by atoms with Crippen molar-refractivity contribution in [2.75, 3.05) is 0 Å². The zero-order valence-corrected chi connectivity index (χ0v) is 30.8. The van der Waals surface area contributed by atoms with E-state index < -0.39 is 5.41 Å². The van der Waals surface area contributed by atoms with Crippen LogP contribution in [0.25, 0.3) is 54.9 Å². The van der Waals surface area contributed by atoms with E-state index in [4.69, 9.17) is 14.4 Å². The molecule has 0 bridgehead atoms. The van der Waals surface area contributed by atoms with Crippen LogP contribution < -0.4 is 5.32 Å². The second-order valence-electron chi connectivity index (χ2n) is 14.9. The van der Waals surface area contributed by atoms with Gasteiger partial charge in [-0.2, -0.15) is 4.99 Å². The molecule has 5 nitrogen and oxygen atoms in total. The summed E-state index contributed by atoms with van der Waals surface area (Å²) in [4.78, 5) is 10.8. The van der Waals surface area contributed by atoms with Gasteiger partial charge in [0.25, 0.3) is 0 Å². The molecular formula is C52H34N4O. The van der Waals surface area contributed by atoms with Crippen LogP contribution in [-0.4, -0.2) is 16.4 Å². The van der Waals surface area contributed by atoms with Crippen molar-refractivity contribution in [1.29, 1.82) is 0 Å². The fourth-order valence-corrected chi connectivity index (χ4v) is 9.53. The summed E-state index contributed by atoms with van der Waals surface area (Å²) in [5.41, 5.74) is 12.7. The molecule has 2 aliphatic rings. The van der Waals surface area contributed by atoms with Crippen LogP contribution in [0.3, 0.4) is 0 Å². The van der Waals surface area contributed by atoms with Gasteiger partial charge in [-0.25, -0.2) is 4.99 Å². The number of nitrogens with zero attached hydrogens (tertiary/aromatic N) is 3. The second-order valence-corrected chi connectivity index (χ2v) is 14.9. The average Bonchev–Trinajstić information content (AvgIpc) is 3.92. The molecule has 1 unspecified atom stereocenters. The zero-order chi connectivity index (χ0) is 37.5. The van der Waals surface area contributed by atoms with E-state index in [1.54, 1.807) is 0 Å². The van der Waals surface area contributed by atoms with Crippen molar-refractivity contribution < 1.29 is 4.42 Å². The molecule has 0 fully saturated rings. The van der Waals surface area contributed by atoms with E-state index in [2.05, 4.69) is 186 Å². The molecule has 2 aromatic heterocycles. The third-order valence-corrected chi connectivity index (χ3v) is 12.0. The molecule has 3 heterocycles. The lowest BCUT2D eigenvalue weighted by Gasteiger charge is -2.34. The van der Waals surface area contributed by atoms with Gasteiger partial charge in [0.2, 0.25) is 5.96 Å². The Balaban J connectivity index is 1.15. The van der Waals surface area contributed by atoms with Crippen LogP contribution in [0.15, 0.2) is 209 Å². The summed E-state index contributed by atoms with van der Waals surface area (Å²) in [5, 5.41) is 8.14. The lowest BCUT2D eigenvalue weighted by Crippen LogP contribution is -2.35. The maximum Gasteiger partial charge on any atom is 0.234 e. The molecule has 268 valence electrons. The molecule has 0 spiro atoms. The van der Waals surface area contributed by atoms with Crippen LogP contribution in [0.5, 0.6) is 0 Å². The predicted molar refractivity (Wildman–Crippen MR) is 232 cm³/mol. The number of para-hydroxylation sites is 3. The highest BCUT2D eigenvalue weighted by atomic mass is 16.3. The Hall–Kier alpha value is -7.50. The van der Waals surface area contributed by atoms with Gasteiger partial charge in [0, 0.05) is 21.5 Å². The van der Waals surface area contributed by atoms with Gasteiger partial charge in [0.05, 0.1) is 22.0 Å². The predicted octanol–water partition coefficient (Wildman–Crippen LogP) is 12.0. The van der Waals surface area contributed by atoms with Crippen molar-refractivity contribution in [3.05, 3.63) is 228 Å². The number of benzene rings is 8. The van der Waals surface area contributed by atoms with E-state index in [-0.39, 0.29) is 6.17 Å². The average molecular weight is 731 g/mol. The quantitative estimate of drug-likeness (QED) is 0.196. The van der Waals surface area contributed by atoms with Crippen LogP contribution in [0.4, 0.5) is 0 Å². The minimum Gasteiger partial charge on any atom is -0.455 e. The fourth-order valence-electron chi connectivity index (χ4n) is 9.53. The SMILES string of the molecule is c1ccc(C2N=C(n3c4ccccc4c4cc5c(cc43)-c3ccccc3C5(c3ccccc3)c3ccccc3)N=C(c3cccc4c3oc3ccccc34)N2)cc1. The summed E-state index contributed by atoms with van der Waals surface area (Å²) in [6, 6.07) is 69.2. The van der Waals surface area contributed by atoms with Crippen LogP contribution in [0.2, 0.25) is 0 Å². The van der Waals surface area contributed by atoms with Gasteiger partial charge in [-0.15, -0.1) is 0 Å². The number of fused-ring (bicyclic) bond motifs is 9. The van der Waals surface area contributed by atoms with E-state index in [1.807, 2.05) is 18.2 Å². The summed E-state index contributed by atoms with van der Waals surface area (Å²) < 4.78 is 8.81. The molecule has 5 heteroatoms. The molecule has 0 amide bonds. The Morgan fingerprint density at radius 2 is 1.12 bits per heavy atom. The minimum absolute atomic E-state index is 0.386. The standard InChI is InChI=1S/C52H34N4O/c1-4-17-33(18-5-1)49-53-50(40-27-16-26-39-38-25-12-15-30-47(38)57-48(39)40)55-51(54-49)56-45-29-14-11-24-37(45)42-31-44-41(32-46(42)56)36-23-10-13-28-43(36)52(44,34-19-6-2-7-20-34)35-21-8-3-9-22-35/h1-32,49H,(H,53,54,55). The number of aromatic nitrogens is 1. The number of furan rings is 1. The molecule has 8 aromatic carbocycles. The van der Waals surface area contributed by atoms with Gasteiger partial charge >= 0.3 is 0 Å². The van der Waals surface area contributed by atoms with Crippen molar-refractivity contribution in [3.63, 3.8) is 0 Å². The Kier molecular flexibility index (Phi) is 6.84. The first-order valence-electron chi connectivity index (χ1n) is 19.4. The first-order valence-corrected chi connectivity index (χ1v) is 19.4. The third-order valence-electron chi connectivity index (χ3n) is 12.0. The maximum absolute atomic E-state index is 6.55. The molecule has 12 rings (SSSR count). The highest BCUT2D eigenvalue weighted by Crippen LogP contribution is 2.57. The van der Waals surface area contributed by atoms with Crippen LogP contribution >= 0.6 is 0 Å². The largest absolute Gasteiger partial charge is 0.455 e. The zero-order valence-electron chi connectivity index (χ0n) is 30.8. The number of aliphatic imine (C=N–C) groups is 2. The third kappa shape index (κ3) is 4.57. The molecule has 1 N–H and O–H groups in total. The molecule has 10 aromatic rings. The van der Waals surface area contributed by atoms with E-state index in [0.717, 1.165) is 54.9 Å². The van der Waals surface area contributed by atoms with Crippen molar-refractivity contribution in [3.8, 4) is 11.1 Å². The number of rotatable bonds is 4. The van der Waals surface area contributed by atoms with Gasteiger partial charge < -0.3 is 9.73 Å². The molecule has 0 saturated heterocycles.